The second-order valence-corrected chi connectivity index (χ2v) is 5.34. The summed E-state index contributed by atoms with van der Waals surface area (Å²) >= 11 is 0. The molecule has 0 aliphatic carbocycles. The van der Waals surface area contributed by atoms with Gasteiger partial charge in [0.2, 0.25) is 0 Å². The number of imide groups is 1. The monoisotopic (exact) mass is 280 g/mol. The van der Waals surface area contributed by atoms with Crippen LogP contribution in [0.3, 0.4) is 0 Å². The smallest absolute Gasteiger partial charge is 0.344 e. The zero-order chi connectivity index (χ0) is 15.2. The summed E-state index contributed by atoms with van der Waals surface area (Å²) in [6.07, 6.45) is -0.0303. The topological polar surface area (TPSA) is 84.0 Å². The van der Waals surface area contributed by atoms with E-state index in [9.17, 15) is 19.2 Å². The first-order valence-electron chi connectivity index (χ1n) is 6.29. The first-order chi connectivity index (χ1) is 9.22. The van der Waals surface area contributed by atoms with Gasteiger partial charge in [-0.1, -0.05) is 0 Å². The molecular weight excluding hydrogens is 264 g/mol. The molecule has 108 valence electrons. The van der Waals surface area contributed by atoms with Crippen LogP contribution in [-0.2, 0) is 19.1 Å². The molecule has 20 heavy (non-hydrogen) atoms. The Morgan fingerprint density at radius 2 is 1.90 bits per heavy atom. The van der Waals surface area contributed by atoms with Crippen molar-refractivity contribution in [1.82, 2.24) is 9.80 Å². The molecule has 1 saturated heterocycles. The van der Waals surface area contributed by atoms with E-state index in [1.54, 1.807) is 20.8 Å². The molecule has 0 radical (unpaired) electrons. The van der Waals surface area contributed by atoms with Crippen molar-refractivity contribution in [3.05, 3.63) is 11.3 Å². The summed E-state index contributed by atoms with van der Waals surface area (Å²) in [4.78, 5) is 50.5. The second kappa shape index (κ2) is 4.43. The van der Waals surface area contributed by atoms with Crippen LogP contribution < -0.4 is 0 Å². The van der Waals surface area contributed by atoms with Gasteiger partial charge in [-0.05, 0) is 20.8 Å². The highest BCUT2D eigenvalue weighted by molar-refractivity contribution is 6.27. The number of hydrogen-bond donors (Lipinski definition) is 0. The number of urea groups is 1. The van der Waals surface area contributed by atoms with Crippen molar-refractivity contribution >= 4 is 23.7 Å². The first kappa shape index (κ1) is 14.2. The SMILES string of the molecule is CCOC(=O)C1=C2C(=O)N(C)C(=O)N2C(C)(C)CC1=O. The van der Waals surface area contributed by atoms with E-state index in [0.29, 0.717) is 0 Å². The van der Waals surface area contributed by atoms with Crippen molar-refractivity contribution < 1.29 is 23.9 Å². The number of nitrogens with zero attached hydrogens (tertiary/aromatic N) is 2. The van der Waals surface area contributed by atoms with Gasteiger partial charge in [-0.25, -0.2) is 9.59 Å². The van der Waals surface area contributed by atoms with Crippen LogP contribution >= 0.6 is 0 Å². The predicted molar refractivity (Wildman–Crippen MR) is 67.4 cm³/mol. The average molecular weight is 280 g/mol. The van der Waals surface area contributed by atoms with Gasteiger partial charge in [-0.2, -0.15) is 0 Å². The summed E-state index contributed by atoms with van der Waals surface area (Å²) in [7, 11) is 1.32. The number of hydrogen-bond acceptors (Lipinski definition) is 5. The standard InChI is InChI=1S/C13H16N2O5/c1-5-20-11(18)8-7(16)6-13(2,3)15-9(8)10(17)14(4)12(15)19/h5-6H2,1-4H3. The highest BCUT2D eigenvalue weighted by Crippen LogP contribution is 2.38. The maximum atomic E-state index is 12.2. The summed E-state index contributed by atoms with van der Waals surface area (Å²) in [5, 5.41) is 0. The second-order valence-electron chi connectivity index (χ2n) is 5.34. The van der Waals surface area contributed by atoms with Crippen LogP contribution in [0.4, 0.5) is 4.79 Å². The van der Waals surface area contributed by atoms with Crippen LogP contribution in [0, 0.1) is 0 Å². The molecule has 0 aromatic heterocycles. The molecule has 7 nitrogen and oxygen atoms in total. The summed E-state index contributed by atoms with van der Waals surface area (Å²) in [6.45, 7) is 5.05. The lowest BCUT2D eigenvalue weighted by atomic mass is 9.86. The molecule has 3 amide bonds. The van der Waals surface area contributed by atoms with Crippen molar-refractivity contribution in [2.24, 2.45) is 0 Å². The van der Waals surface area contributed by atoms with Crippen LogP contribution in [0.2, 0.25) is 0 Å². The third kappa shape index (κ3) is 1.81. The van der Waals surface area contributed by atoms with E-state index in [1.165, 1.54) is 11.9 Å². The van der Waals surface area contributed by atoms with Crippen molar-refractivity contribution in [1.29, 1.82) is 0 Å². The highest BCUT2D eigenvalue weighted by atomic mass is 16.5. The Balaban J connectivity index is 2.66. The summed E-state index contributed by atoms with van der Waals surface area (Å²) in [5.74, 6) is -1.99. The lowest BCUT2D eigenvalue weighted by molar-refractivity contribution is -0.141. The van der Waals surface area contributed by atoms with E-state index < -0.39 is 29.2 Å². The summed E-state index contributed by atoms with van der Waals surface area (Å²) in [5.41, 5.74) is -1.34. The Hall–Kier alpha value is -2.18. The predicted octanol–water partition coefficient (Wildman–Crippen LogP) is 0.449. The molecule has 0 unspecified atom stereocenters. The average Bonchev–Trinajstić information content (AvgIpc) is 2.54. The van der Waals surface area contributed by atoms with Crippen LogP contribution in [0.1, 0.15) is 27.2 Å². The number of rotatable bonds is 2. The fourth-order valence-corrected chi connectivity index (χ4v) is 2.47. The Bertz CT molecular complexity index is 561. The molecule has 0 saturated carbocycles. The largest absolute Gasteiger partial charge is 0.462 e. The minimum absolute atomic E-state index is 0.0303. The third-order valence-corrected chi connectivity index (χ3v) is 3.40. The van der Waals surface area contributed by atoms with E-state index in [1.807, 2.05) is 0 Å². The molecule has 7 heteroatoms. The number of Topliss-reactive ketones (excluding diaryl/α,β-unsaturated/α-hetero) is 1. The molecule has 0 atom stereocenters. The van der Waals surface area contributed by atoms with E-state index >= 15 is 0 Å². The Morgan fingerprint density at radius 1 is 1.30 bits per heavy atom. The molecule has 0 aromatic carbocycles. The van der Waals surface area contributed by atoms with Gasteiger partial charge >= 0.3 is 12.0 Å². The third-order valence-electron chi connectivity index (χ3n) is 3.40. The summed E-state index contributed by atoms with van der Waals surface area (Å²) in [6, 6.07) is -0.538. The summed E-state index contributed by atoms with van der Waals surface area (Å²) < 4.78 is 4.82. The minimum Gasteiger partial charge on any atom is -0.462 e. The molecular formula is C13H16N2O5. The van der Waals surface area contributed by atoms with Crippen molar-refractivity contribution in [3.63, 3.8) is 0 Å². The number of fused-ring (bicyclic) bond motifs is 1. The lowest BCUT2D eigenvalue weighted by Crippen LogP contribution is -2.50. The quantitative estimate of drug-likeness (QED) is 0.416. The minimum atomic E-state index is -0.857. The molecule has 2 rings (SSSR count). The number of carbonyl (C=O) groups is 4. The molecule has 2 aliphatic heterocycles. The van der Waals surface area contributed by atoms with Crippen molar-refractivity contribution in [3.8, 4) is 0 Å². The normalized spacial score (nSPS) is 21.5. The van der Waals surface area contributed by atoms with Crippen molar-refractivity contribution in [2.75, 3.05) is 13.7 Å². The highest BCUT2D eigenvalue weighted by Gasteiger charge is 2.53. The molecule has 2 aliphatic rings. The maximum Gasteiger partial charge on any atom is 0.344 e. The molecule has 0 aromatic rings. The van der Waals surface area contributed by atoms with E-state index in [-0.39, 0.29) is 24.3 Å². The Kier molecular flexibility index (Phi) is 3.15. The van der Waals surface area contributed by atoms with Crippen molar-refractivity contribution in [2.45, 2.75) is 32.7 Å². The van der Waals surface area contributed by atoms with Gasteiger partial charge in [0.05, 0.1) is 12.1 Å². The van der Waals surface area contributed by atoms with E-state index in [0.717, 1.165) is 4.90 Å². The fraction of sp³-hybridized carbons (Fsp3) is 0.538. The number of likely N-dealkylation sites (N-methyl/N-ethyl adjacent to an activating group) is 1. The van der Waals surface area contributed by atoms with Crippen LogP contribution in [0.25, 0.3) is 0 Å². The van der Waals surface area contributed by atoms with Crippen LogP contribution in [-0.4, -0.2) is 52.7 Å². The first-order valence-corrected chi connectivity index (χ1v) is 6.29. The van der Waals surface area contributed by atoms with Gasteiger partial charge in [0.25, 0.3) is 5.91 Å². The molecule has 0 spiro atoms. The molecule has 0 N–H and O–H groups in total. The number of amides is 3. The molecule has 2 heterocycles. The maximum absolute atomic E-state index is 12.2. The Labute approximate surface area is 116 Å². The van der Waals surface area contributed by atoms with Gasteiger partial charge in [0, 0.05) is 13.5 Å². The van der Waals surface area contributed by atoms with E-state index in [2.05, 4.69) is 0 Å². The number of ether oxygens (including phenoxy) is 1. The van der Waals surface area contributed by atoms with Crippen LogP contribution in [0.5, 0.6) is 0 Å². The molecule has 0 bridgehead atoms. The fourth-order valence-electron chi connectivity index (χ4n) is 2.47. The lowest BCUT2D eigenvalue weighted by Gasteiger charge is -2.38. The zero-order valence-corrected chi connectivity index (χ0v) is 11.8. The van der Waals surface area contributed by atoms with Gasteiger partial charge in [0.15, 0.2) is 5.78 Å². The number of esters is 1. The Morgan fingerprint density at radius 3 is 2.45 bits per heavy atom. The molecule has 1 fully saturated rings. The van der Waals surface area contributed by atoms with Gasteiger partial charge in [-0.15, -0.1) is 0 Å². The number of carbonyl (C=O) groups excluding carboxylic acids is 4. The van der Waals surface area contributed by atoms with Crippen LogP contribution in [0.15, 0.2) is 11.3 Å². The van der Waals surface area contributed by atoms with Gasteiger partial charge in [-0.3, -0.25) is 19.4 Å². The van der Waals surface area contributed by atoms with Gasteiger partial charge in [0.1, 0.15) is 11.3 Å². The number of ketones is 1. The van der Waals surface area contributed by atoms with Gasteiger partial charge < -0.3 is 4.74 Å². The van der Waals surface area contributed by atoms with E-state index in [4.69, 9.17) is 4.74 Å². The zero-order valence-electron chi connectivity index (χ0n) is 11.8.